The van der Waals surface area contributed by atoms with E-state index < -0.39 is 0 Å². The van der Waals surface area contributed by atoms with Crippen LogP contribution in [0.3, 0.4) is 0 Å². The maximum absolute atomic E-state index is 5.34. The quantitative estimate of drug-likeness (QED) is 0.758. The van der Waals surface area contributed by atoms with Crippen LogP contribution < -0.4 is 11.1 Å². The van der Waals surface area contributed by atoms with Gasteiger partial charge in [0.1, 0.15) is 5.82 Å². The lowest BCUT2D eigenvalue weighted by Gasteiger charge is -2.03. The standard InChI is InChI=1S/C12H14N4/c13-7-3-4-8-14-12-9-15-10-5-1-2-6-11(10)16-12/h1-6,9H,7-8,13H2,(H,14,16)/b4-3+. The van der Waals surface area contributed by atoms with Crippen molar-refractivity contribution in [1.82, 2.24) is 9.97 Å². The highest BCUT2D eigenvalue weighted by Gasteiger charge is 1.96. The largest absolute Gasteiger partial charge is 0.365 e. The predicted molar refractivity (Wildman–Crippen MR) is 66.2 cm³/mol. The molecule has 2 aromatic rings. The second kappa shape index (κ2) is 5.23. The first-order valence-corrected chi connectivity index (χ1v) is 5.21. The van der Waals surface area contributed by atoms with Gasteiger partial charge in [0.25, 0.3) is 0 Å². The molecule has 0 spiro atoms. The number of nitrogens with two attached hydrogens (primary N) is 1. The Hall–Kier alpha value is -1.94. The second-order valence-corrected chi connectivity index (χ2v) is 3.33. The van der Waals surface area contributed by atoms with E-state index in [0.29, 0.717) is 13.1 Å². The zero-order valence-electron chi connectivity index (χ0n) is 8.93. The molecule has 3 N–H and O–H groups in total. The number of fused-ring (bicyclic) bond motifs is 1. The lowest BCUT2D eigenvalue weighted by molar-refractivity contribution is 1.19. The maximum Gasteiger partial charge on any atom is 0.145 e. The Balaban J connectivity index is 2.10. The van der Waals surface area contributed by atoms with Crippen LogP contribution in [-0.2, 0) is 0 Å². The summed E-state index contributed by atoms with van der Waals surface area (Å²) in [6, 6.07) is 7.80. The highest BCUT2D eigenvalue weighted by atomic mass is 15.0. The molecule has 0 saturated carbocycles. The summed E-state index contributed by atoms with van der Waals surface area (Å²) in [5, 5.41) is 3.16. The third-order valence-corrected chi connectivity index (χ3v) is 2.15. The van der Waals surface area contributed by atoms with Gasteiger partial charge in [0.2, 0.25) is 0 Å². The average Bonchev–Trinajstić information content (AvgIpc) is 2.34. The molecule has 0 amide bonds. The first-order chi connectivity index (χ1) is 7.90. The molecule has 1 heterocycles. The van der Waals surface area contributed by atoms with Gasteiger partial charge in [-0.2, -0.15) is 0 Å². The van der Waals surface area contributed by atoms with E-state index in [-0.39, 0.29) is 0 Å². The van der Waals surface area contributed by atoms with E-state index in [9.17, 15) is 0 Å². The van der Waals surface area contributed by atoms with E-state index in [2.05, 4.69) is 15.3 Å². The smallest absolute Gasteiger partial charge is 0.145 e. The fourth-order valence-corrected chi connectivity index (χ4v) is 1.39. The van der Waals surface area contributed by atoms with Crippen molar-refractivity contribution in [3.05, 3.63) is 42.6 Å². The summed E-state index contributed by atoms with van der Waals surface area (Å²) in [5.74, 6) is 0.778. The van der Waals surface area contributed by atoms with Gasteiger partial charge in [-0.25, -0.2) is 4.98 Å². The Labute approximate surface area is 94.2 Å². The summed E-state index contributed by atoms with van der Waals surface area (Å²) in [5.41, 5.74) is 7.15. The highest BCUT2D eigenvalue weighted by molar-refractivity contribution is 5.75. The van der Waals surface area contributed by atoms with Crippen molar-refractivity contribution in [2.24, 2.45) is 5.73 Å². The van der Waals surface area contributed by atoms with E-state index in [0.717, 1.165) is 16.9 Å². The molecule has 0 fully saturated rings. The fourth-order valence-electron chi connectivity index (χ4n) is 1.39. The molecule has 82 valence electrons. The van der Waals surface area contributed by atoms with Gasteiger partial charge >= 0.3 is 0 Å². The number of rotatable bonds is 4. The average molecular weight is 214 g/mol. The maximum atomic E-state index is 5.34. The molecule has 16 heavy (non-hydrogen) atoms. The molecule has 0 atom stereocenters. The second-order valence-electron chi connectivity index (χ2n) is 3.33. The number of nitrogens with one attached hydrogen (secondary N) is 1. The number of nitrogens with zero attached hydrogens (tertiary/aromatic N) is 2. The third kappa shape index (κ3) is 2.55. The highest BCUT2D eigenvalue weighted by Crippen LogP contribution is 2.10. The van der Waals surface area contributed by atoms with Gasteiger partial charge in [-0.1, -0.05) is 24.3 Å². The zero-order chi connectivity index (χ0) is 11.2. The first-order valence-electron chi connectivity index (χ1n) is 5.21. The summed E-state index contributed by atoms with van der Waals surface area (Å²) < 4.78 is 0. The van der Waals surface area contributed by atoms with Gasteiger partial charge in [0.15, 0.2) is 0 Å². The van der Waals surface area contributed by atoms with Crippen molar-refractivity contribution in [2.45, 2.75) is 0 Å². The minimum Gasteiger partial charge on any atom is -0.365 e. The van der Waals surface area contributed by atoms with E-state index in [1.54, 1.807) is 6.20 Å². The molecule has 0 aliphatic heterocycles. The Morgan fingerprint density at radius 1 is 1.19 bits per heavy atom. The predicted octanol–water partition coefficient (Wildman–Crippen LogP) is 1.56. The van der Waals surface area contributed by atoms with Crippen LogP contribution in [0.2, 0.25) is 0 Å². The molecule has 0 saturated heterocycles. The summed E-state index contributed by atoms with van der Waals surface area (Å²) >= 11 is 0. The van der Waals surface area contributed by atoms with Gasteiger partial charge < -0.3 is 11.1 Å². The fraction of sp³-hybridized carbons (Fsp3) is 0.167. The van der Waals surface area contributed by atoms with E-state index in [1.807, 2.05) is 36.4 Å². The van der Waals surface area contributed by atoms with Crippen LogP contribution in [-0.4, -0.2) is 23.1 Å². The van der Waals surface area contributed by atoms with Crippen LogP contribution in [0.5, 0.6) is 0 Å². The van der Waals surface area contributed by atoms with Gasteiger partial charge in [0.05, 0.1) is 17.2 Å². The van der Waals surface area contributed by atoms with Crippen LogP contribution in [0.1, 0.15) is 0 Å². The lowest BCUT2D eigenvalue weighted by Crippen LogP contribution is -2.02. The SMILES string of the molecule is NC/C=C/CNc1cnc2ccccc2n1. The van der Waals surface area contributed by atoms with E-state index in [4.69, 9.17) is 5.73 Å². The first kappa shape index (κ1) is 10.6. The van der Waals surface area contributed by atoms with Gasteiger partial charge in [-0.15, -0.1) is 0 Å². The molecule has 0 bridgehead atoms. The Morgan fingerprint density at radius 2 is 2.00 bits per heavy atom. The molecule has 4 heteroatoms. The Kier molecular flexibility index (Phi) is 3.46. The summed E-state index contributed by atoms with van der Waals surface area (Å²) in [7, 11) is 0. The number of hydrogen-bond acceptors (Lipinski definition) is 4. The van der Waals surface area contributed by atoms with Gasteiger partial charge in [-0.3, -0.25) is 4.98 Å². The topological polar surface area (TPSA) is 63.8 Å². The van der Waals surface area contributed by atoms with Crippen molar-refractivity contribution in [2.75, 3.05) is 18.4 Å². The summed E-state index contributed by atoms with van der Waals surface area (Å²) in [6.07, 6.45) is 5.61. The molecule has 0 aliphatic rings. The van der Waals surface area contributed by atoms with Gasteiger partial charge in [0, 0.05) is 13.1 Å². The minimum atomic E-state index is 0.561. The number of hydrogen-bond donors (Lipinski definition) is 2. The Morgan fingerprint density at radius 3 is 2.81 bits per heavy atom. The van der Waals surface area contributed by atoms with Crippen molar-refractivity contribution in [1.29, 1.82) is 0 Å². The molecule has 0 unspecified atom stereocenters. The molecule has 0 aliphatic carbocycles. The van der Waals surface area contributed by atoms with Gasteiger partial charge in [-0.05, 0) is 12.1 Å². The normalized spacial score (nSPS) is 11.1. The molecule has 1 aromatic carbocycles. The summed E-state index contributed by atoms with van der Waals surface area (Å²) in [6.45, 7) is 1.27. The van der Waals surface area contributed by atoms with Crippen molar-refractivity contribution >= 4 is 16.9 Å². The van der Waals surface area contributed by atoms with Crippen LogP contribution >= 0.6 is 0 Å². The molecule has 2 rings (SSSR count). The van der Waals surface area contributed by atoms with E-state index in [1.165, 1.54) is 0 Å². The number of para-hydroxylation sites is 2. The molecular weight excluding hydrogens is 200 g/mol. The lowest BCUT2D eigenvalue weighted by atomic mass is 10.3. The molecule has 1 aromatic heterocycles. The van der Waals surface area contributed by atoms with Crippen LogP contribution in [0.15, 0.2) is 42.6 Å². The number of aromatic nitrogens is 2. The zero-order valence-corrected chi connectivity index (χ0v) is 8.93. The summed E-state index contributed by atoms with van der Waals surface area (Å²) in [4.78, 5) is 8.74. The van der Waals surface area contributed by atoms with Crippen LogP contribution in [0.4, 0.5) is 5.82 Å². The van der Waals surface area contributed by atoms with Crippen LogP contribution in [0.25, 0.3) is 11.0 Å². The van der Waals surface area contributed by atoms with Crippen molar-refractivity contribution < 1.29 is 0 Å². The van der Waals surface area contributed by atoms with Crippen molar-refractivity contribution in [3.63, 3.8) is 0 Å². The molecular formula is C12H14N4. The molecule has 4 nitrogen and oxygen atoms in total. The monoisotopic (exact) mass is 214 g/mol. The van der Waals surface area contributed by atoms with E-state index >= 15 is 0 Å². The minimum absolute atomic E-state index is 0.561. The Bertz CT molecular complexity index is 493. The number of benzene rings is 1. The number of anilines is 1. The third-order valence-electron chi connectivity index (χ3n) is 2.15. The van der Waals surface area contributed by atoms with Crippen LogP contribution in [0, 0.1) is 0 Å². The molecule has 0 radical (unpaired) electrons. The van der Waals surface area contributed by atoms with Crippen molar-refractivity contribution in [3.8, 4) is 0 Å².